The molecule has 1 aromatic carbocycles. The summed E-state index contributed by atoms with van der Waals surface area (Å²) in [6.07, 6.45) is 3.04. The number of tetrazole rings is 1. The van der Waals surface area contributed by atoms with Crippen molar-refractivity contribution in [2.24, 2.45) is 14.1 Å². The number of aromatic nitrogens is 7. The van der Waals surface area contributed by atoms with Crippen LogP contribution in [0.25, 0.3) is 16.7 Å². The summed E-state index contributed by atoms with van der Waals surface area (Å²) in [6, 6.07) is 8.74. The van der Waals surface area contributed by atoms with Crippen LogP contribution in [0, 0.1) is 0 Å². The molecule has 0 aliphatic rings. The number of hydrogen-bond donors (Lipinski definition) is 1. The van der Waals surface area contributed by atoms with Crippen LogP contribution in [0.5, 0.6) is 0 Å². The van der Waals surface area contributed by atoms with Crippen molar-refractivity contribution >= 4 is 22.6 Å². The van der Waals surface area contributed by atoms with Crippen molar-refractivity contribution in [1.82, 2.24) is 34.3 Å². The van der Waals surface area contributed by atoms with Gasteiger partial charge >= 0.3 is 5.69 Å². The highest BCUT2D eigenvalue weighted by Crippen LogP contribution is 2.13. The first-order valence-corrected chi connectivity index (χ1v) is 8.62. The third kappa shape index (κ3) is 3.40. The van der Waals surface area contributed by atoms with Crippen LogP contribution >= 0.6 is 0 Å². The smallest absolute Gasteiger partial charge is 0.324 e. The molecule has 3 aromatic heterocycles. The number of amides is 1. The Hall–Kier alpha value is -4.15. The van der Waals surface area contributed by atoms with Gasteiger partial charge in [-0.3, -0.25) is 18.7 Å². The molecule has 3 heterocycles. The molecule has 146 valence electrons. The van der Waals surface area contributed by atoms with E-state index in [1.165, 1.54) is 41.9 Å². The molecule has 0 unspecified atom stereocenters. The van der Waals surface area contributed by atoms with Crippen LogP contribution in [0.3, 0.4) is 0 Å². The summed E-state index contributed by atoms with van der Waals surface area (Å²) in [6.45, 7) is 0. The number of carbonyl (C=O) groups excluding carboxylic acids is 1. The summed E-state index contributed by atoms with van der Waals surface area (Å²) in [4.78, 5) is 40.9. The molecule has 0 fully saturated rings. The topological polar surface area (TPSA) is 130 Å². The molecule has 0 aliphatic carbocycles. The van der Waals surface area contributed by atoms with Gasteiger partial charge in [-0.15, -0.1) is 5.10 Å². The fourth-order valence-electron chi connectivity index (χ4n) is 2.97. The van der Waals surface area contributed by atoms with Gasteiger partial charge in [0.05, 0.1) is 29.4 Å². The first kappa shape index (κ1) is 18.2. The lowest BCUT2D eigenvalue weighted by molar-refractivity contribution is -0.115. The zero-order chi connectivity index (χ0) is 20.5. The number of anilines is 1. The molecule has 0 bridgehead atoms. The number of hydrogen-bond acceptors (Lipinski definition) is 7. The summed E-state index contributed by atoms with van der Waals surface area (Å²) < 4.78 is 3.80. The number of benzene rings is 1. The van der Waals surface area contributed by atoms with Crippen LogP contribution in [-0.2, 0) is 25.3 Å². The fourth-order valence-corrected chi connectivity index (χ4v) is 2.97. The zero-order valence-corrected chi connectivity index (χ0v) is 15.6. The van der Waals surface area contributed by atoms with Gasteiger partial charge in [0.1, 0.15) is 12.0 Å². The summed E-state index contributed by atoms with van der Waals surface area (Å²) >= 11 is 0. The summed E-state index contributed by atoms with van der Waals surface area (Å²) in [5.41, 5.74) is 1.28. The van der Waals surface area contributed by atoms with E-state index in [1.807, 2.05) is 0 Å². The third-order valence-electron chi connectivity index (χ3n) is 4.49. The van der Waals surface area contributed by atoms with Crippen molar-refractivity contribution < 1.29 is 4.79 Å². The van der Waals surface area contributed by atoms with E-state index in [0.717, 1.165) is 15.8 Å². The average molecular weight is 392 g/mol. The molecule has 0 saturated carbocycles. The lowest BCUT2D eigenvalue weighted by atomic mass is 10.1. The van der Waals surface area contributed by atoms with Gasteiger partial charge in [-0.05, 0) is 34.2 Å². The first-order chi connectivity index (χ1) is 13.9. The van der Waals surface area contributed by atoms with Gasteiger partial charge in [0.25, 0.3) is 5.56 Å². The van der Waals surface area contributed by atoms with Crippen LogP contribution < -0.4 is 16.6 Å². The van der Waals surface area contributed by atoms with Crippen LogP contribution in [-0.4, -0.2) is 40.2 Å². The molecule has 0 atom stereocenters. The maximum absolute atomic E-state index is 12.4. The van der Waals surface area contributed by atoms with Gasteiger partial charge in [0.2, 0.25) is 5.91 Å². The van der Waals surface area contributed by atoms with Crippen molar-refractivity contribution in [3.05, 3.63) is 69.3 Å². The molecule has 11 heteroatoms. The second kappa shape index (κ2) is 7.11. The highest BCUT2D eigenvalue weighted by atomic mass is 16.2. The molecule has 0 saturated heterocycles. The SMILES string of the molecule is Cn1c(=O)c2cc(NC(=O)Cc3ccc(-n4cnnn4)cc3)cnc2n(C)c1=O. The fraction of sp³-hybridized carbons (Fsp3) is 0.167. The molecular weight excluding hydrogens is 376 g/mol. The number of nitrogens with one attached hydrogen (secondary N) is 1. The van der Waals surface area contributed by atoms with Gasteiger partial charge in [-0.25, -0.2) is 14.5 Å². The Balaban J connectivity index is 1.53. The molecular formula is C18H16N8O3. The first-order valence-electron chi connectivity index (χ1n) is 8.62. The molecule has 29 heavy (non-hydrogen) atoms. The predicted molar refractivity (Wildman–Crippen MR) is 104 cm³/mol. The normalized spacial score (nSPS) is 11.0. The predicted octanol–water partition coefficient (Wildman–Crippen LogP) is -0.211. The monoisotopic (exact) mass is 392 g/mol. The second-order valence-electron chi connectivity index (χ2n) is 6.45. The van der Waals surface area contributed by atoms with E-state index in [4.69, 9.17) is 0 Å². The van der Waals surface area contributed by atoms with Crippen LogP contribution in [0.1, 0.15) is 5.56 Å². The van der Waals surface area contributed by atoms with E-state index in [0.29, 0.717) is 5.69 Å². The largest absolute Gasteiger partial charge is 0.332 e. The molecule has 0 spiro atoms. The van der Waals surface area contributed by atoms with Crippen molar-refractivity contribution in [2.75, 3.05) is 5.32 Å². The van der Waals surface area contributed by atoms with Crippen molar-refractivity contribution in [3.8, 4) is 5.69 Å². The Morgan fingerprint density at radius 1 is 1.10 bits per heavy atom. The number of pyridine rings is 1. The van der Waals surface area contributed by atoms with Crippen LogP contribution in [0.2, 0.25) is 0 Å². The average Bonchev–Trinajstić information content (AvgIpc) is 3.26. The lowest BCUT2D eigenvalue weighted by Gasteiger charge is -2.09. The maximum Gasteiger partial charge on any atom is 0.332 e. The van der Waals surface area contributed by atoms with Crippen LogP contribution in [0.4, 0.5) is 5.69 Å². The molecule has 1 N–H and O–H groups in total. The molecule has 11 nitrogen and oxygen atoms in total. The van der Waals surface area contributed by atoms with E-state index in [2.05, 4.69) is 25.8 Å². The molecule has 1 amide bonds. The number of fused-ring (bicyclic) bond motifs is 1. The Morgan fingerprint density at radius 2 is 1.86 bits per heavy atom. The van der Waals surface area contributed by atoms with E-state index >= 15 is 0 Å². The van der Waals surface area contributed by atoms with Gasteiger partial charge in [0, 0.05) is 14.1 Å². The maximum atomic E-state index is 12.4. The van der Waals surface area contributed by atoms with Crippen molar-refractivity contribution in [3.63, 3.8) is 0 Å². The van der Waals surface area contributed by atoms with Gasteiger partial charge in [-0.2, -0.15) is 0 Å². The minimum Gasteiger partial charge on any atom is -0.324 e. The van der Waals surface area contributed by atoms with Gasteiger partial charge in [0.15, 0.2) is 0 Å². The zero-order valence-electron chi connectivity index (χ0n) is 15.6. The molecule has 0 aliphatic heterocycles. The third-order valence-corrected chi connectivity index (χ3v) is 4.49. The van der Waals surface area contributed by atoms with E-state index < -0.39 is 11.2 Å². The van der Waals surface area contributed by atoms with E-state index in [1.54, 1.807) is 24.3 Å². The molecule has 0 radical (unpaired) electrons. The molecule has 4 rings (SSSR count). The van der Waals surface area contributed by atoms with E-state index in [9.17, 15) is 14.4 Å². The standard InChI is InChI=1S/C18H16N8O3/c1-24-16-14(17(28)25(2)18(24)29)8-12(9-19-16)21-15(27)7-11-3-5-13(6-4-11)26-10-20-22-23-26/h3-6,8-10H,7H2,1-2H3,(H,21,27). The quantitative estimate of drug-likeness (QED) is 0.509. The number of carbonyl (C=O) groups is 1. The number of aryl methyl sites for hydroxylation is 1. The summed E-state index contributed by atoms with van der Waals surface area (Å²) in [7, 11) is 2.93. The summed E-state index contributed by atoms with van der Waals surface area (Å²) in [5, 5.41) is 13.9. The van der Waals surface area contributed by atoms with Crippen LogP contribution in [0.15, 0.2) is 52.4 Å². The Morgan fingerprint density at radius 3 is 2.55 bits per heavy atom. The minimum absolute atomic E-state index is 0.138. The molecule has 4 aromatic rings. The van der Waals surface area contributed by atoms with Crippen molar-refractivity contribution in [1.29, 1.82) is 0 Å². The number of nitrogens with zero attached hydrogens (tertiary/aromatic N) is 7. The Kier molecular flexibility index (Phi) is 4.47. The Labute approximate surface area is 163 Å². The second-order valence-corrected chi connectivity index (χ2v) is 6.45. The van der Waals surface area contributed by atoms with Gasteiger partial charge < -0.3 is 5.32 Å². The Bertz CT molecular complexity index is 1320. The minimum atomic E-state index is -0.468. The summed E-state index contributed by atoms with van der Waals surface area (Å²) in [5.74, 6) is -0.261. The van der Waals surface area contributed by atoms with Crippen molar-refractivity contribution in [2.45, 2.75) is 6.42 Å². The van der Waals surface area contributed by atoms with Gasteiger partial charge in [-0.1, -0.05) is 12.1 Å². The lowest BCUT2D eigenvalue weighted by Crippen LogP contribution is -2.37. The highest BCUT2D eigenvalue weighted by molar-refractivity contribution is 5.93. The number of rotatable bonds is 4. The van der Waals surface area contributed by atoms with E-state index in [-0.39, 0.29) is 23.4 Å². The highest BCUT2D eigenvalue weighted by Gasteiger charge is 2.12.